The number of aromatic nitrogens is 4. The summed E-state index contributed by atoms with van der Waals surface area (Å²) < 4.78 is 7.16. The van der Waals surface area contributed by atoms with E-state index in [2.05, 4.69) is 20.8 Å². The van der Waals surface area contributed by atoms with Crippen molar-refractivity contribution in [3.05, 3.63) is 30.0 Å². The number of rotatable bonds is 5. The lowest BCUT2D eigenvalue weighted by molar-refractivity contribution is -0.919. The second kappa shape index (κ2) is 7.35. The number of nitrogens with zero attached hydrogens (tertiary/aromatic N) is 4. The van der Waals surface area contributed by atoms with Gasteiger partial charge in [-0.2, -0.15) is 0 Å². The molecule has 0 atom stereocenters. The number of amides is 1. The van der Waals surface area contributed by atoms with Gasteiger partial charge in [-0.15, -0.1) is 5.10 Å². The number of carbonyl (C=O) groups excluding carboxylic acids is 1. The summed E-state index contributed by atoms with van der Waals surface area (Å²) in [7, 11) is 0. The first kappa shape index (κ1) is 17.6. The molecule has 0 saturated carbocycles. The summed E-state index contributed by atoms with van der Waals surface area (Å²) in [5.74, 6) is 1.83. The number of quaternary nitrogens is 1. The van der Waals surface area contributed by atoms with Crippen LogP contribution in [0.5, 0.6) is 0 Å². The van der Waals surface area contributed by atoms with E-state index in [4.69, 9.17) is 4.42 Å². The molecule has 25 heavy (non-hydrogen) atoms. The van der Waals surface area contributed by atoms with Gasteiger partial charge in [-0.05, 0) is 22.6 Å². The van der Waals surface area contributed by atoms with E-state index in [9.17, 15) is 4.79 Å². The van der Waals surface area contributed by atoms with Crippen molar-refractivity contribution in [3.8, 4) is 0 Å². The quantitative estimate of drug-likeness (QED) is 0.796. The van der Waals surface area contributed by atoms with Crippen molar-refractivity contribution in [3.63, 3.8) is 0 Å². The van der Waals surface area contributed by atoms with Gasteiger partial charge < -0.3 is 14.6 Å². The van der Waals surface area contributed by atoms with Crippen molar-refractivity contribution in [1.82, 2.24) is 25.5 Å². The molecule has 0 aliphatic carbocycles. The average Bonchev–Trinajstić information content (AvgIpc) is 3.21. The van der Waals surface area contributed by atoms with Crippen LogP contribution in [0.4, 0.5) is 0 Å². The zero-order valence-corrected chi connectivity index (χ0v) is 15.2. The van der Waals surface area contributed by atoms with Crippen LogP contribution in [-0.4, -0.2) is 45.2 Å². The van der Waals surface area contributed by atoms with Gasteiger partial charge >= 0.3 is 0 Å². The number of tetrazole rings is 1. The van der Waals surface area contributed by atoms with Gasteiger partial charge in [0.05, 0.1) is 19.4 Å². The zero-order chi connectivity index (χ0) is 17.9. The van der Waals surface area contributed by atoms with E-state index in [0.717, 1.165) is 44.1 Å². The second-order valence-electron chi connectivity index (χ2n) is 7.76. The number of hydrogen-bond acceptors (Lipinski definition) is 5. The summed E-state index contributed by atoms with van der Waals surface area (Å²) in [6, 6.07) is 4.05. The standard InChI is InChI=1S/C17H26N6O2/c1-17(2,3)16(24)18-13-6-8-22(9-7-13)12-15-19-20-21-23(15)11-14-5-4-10-25-14/h4-5,10,13H,6-9,11-12H2,1-3H3,(H,18,24)/p+1. The molecule has 2 aromatic rings. The van der Waals surface area contributed by atoms with Crippen LogP contribution in [-0.2, 0) is 17.9 Å². The molecule has 136 valence electrons. The lowest BCUT2D eigenvalue weighted by Crippen LogP contribution is -3.12. The highest BCUT2D eigenvalue weighted by molar-refractivity contribution is 5.81. The van der Waals surface area contributed by atoms with E-state index >= 15 is 0 Å². The Morgan fingerprint density at radius 1 is 1.40 bits per heavy atom. The van der Waals surface area contributed by atoms with Crippen molar-refractivity contribution < 1.29 is 14.1 Å². The molecule has 2 N–H and O–H groups in total. The highest BCUT2D eigenvalue weighted by Gasteiger charge is 2.28. The molecule has 3 rings (SSSR count). The number of nitrogens with one attached hydrogen (secondary N) is 2. The Bertz CT molecular complexity index is 680. The van der Waals surface area contributed by atoms with Crippen LogP contribution in [0, 0.1) is 5.41 Å². The van der Waals surface area contributed by atoms with E-state index < -0.39 is 0 Å². The SMILES string of the molecule is CC(C)(C)C(=O)NC1CC[NH+](Cc2nnnn2Cc2ccco2)CC1. The van der Waals surface area contributed by atoms with Crippen LogP contribution in [0.1, 0.15) is 45.2 Å². The molecule has 0 aromatic carbocycles. The fraction of sp³-hybridized carbons (Fsp3) is 0.647. The highest BCUT2D eigenvalue weighted by Crippen LogP contribution is 2.14. The maximum absolute atomic E-state index is 12.1. The van der Waals surface area contributed by atoms with Gasteiger partial charge in [0.15, 0.2) is 0 Å². The molecule has 8 nitrogen and oxygen atoms in total. The number of piperidine rings is 1. The maximum atomic E-state index is 12.1. The molecule has 3 heterocycles. The molecule has 1 fully saturated rings. The summed E-state index contributed by atoms with van der Waals surface area (Å²) in [6.07, 6.45) is 3.62. The largest absolute Gasteiger partial charge is 0.467 e. The topological polar surface area (TPSA) is 90.3 Å². The van der Waals surface area contributed by atoms with Gasteiger partial charge in [-0.3, -0.25) is 4.79 Å². The van der Waals surface area contributed by atoms with E-state index in [0.29, 0.717) is 6.54 Å². The summed E-state index contributed by atoms with van der Waals surface area (Å²) in [4.78, 5) is 13.6. The van der Waals surface area contributed by atoms with Crippen LogP contribution in [0.2, 0.25) is 0 Å². The summed E-state index contributed by atoms with van der Waals surface area (Å²) in [5, 5.41) is 15.2. The smallest absolute Gasteiger partial charge is 0.225 e. The minimum Gasteiger partial charge on any atom is -0.467 e. The van der Waals surface area contributed by atoms with Crippen molar-refractivity contribution in [1.29, 1.82) is 0 Å². The Labute approximate surface area is 147 Å². The third-order valence-electron chi connectivity index (χ3n) is 4.61. The fourth-order valence-corrected chi connectivity index (χ4v) is 3.00. The predicted molar refractivity (Wildman–Crippen MR) is 90.6 cm³/mol. The first-order valence-electron chi connectivity index (χ1n) is 8.84. The average molecular weight is 347 g/mol. The van der Waals surface area contributed by atoms with Gasteiger partial charge in [0.2, 0.25) is 11.7 Å². The Kier molecular flexibility index (Phi) is 5.17. The minimum absolute atomic E-state index is 0.128. The molecule has 0 radical (unpaired) electrons. The maximum Gasteiger partial charge on any atom is 0.225 e. The Morgan fingerprint density at radius 2 is 2.16 bits per heavy atom. The van der Waals surface area contributed by atoms with Gasteiger partial charge in [0, 0.05) is 24.3 Å². The summed E-state index contributed by atoms with van der Waals surface area (Å²) in [6.45, 7) is 9.18. The van der Waals surface area contributed by atoms with E-state index in [1.807, 2.05) is 32.9 Å². The van der Waals surface area contributed by atoms with Crippen molar-refractivity contribution in [2.24, 2.45) is 5.41 Å². The number of hydrogen-bond donors (Lipinski definition) is 2. The van der Waals surface area contributed by atoms with Gasteiger partial charge in [0.1, 0.15) is 18.8 Å². The monoisotopic (exact) mass is 347 g/mol. The van der Waals surface area contributed by atoms with Gasteiger partial charge in [0.25, 0.3) is 0 Å². The van der Waals surface area contributed by atoms with Crippen molar-refractivity contribution in [2.45, 2.75) is 52.7 Å². The molecular formula is C17H27N6O2+. The second-order valence-corrected chi connectivity index (χ2v) is 7.76. The first-order valence-corrected chi connectivity index (χ1v) is 8.84. The van der Waals surface area contributed by atoms with Crippen LogP contribution >= 0.6 is 0 Å². The van der Waals surface area contributed by atoms with E-state index in [-0.39, 0.29) is 17.4 Å². The molecule has 1 aliphatic rings. The van der Waals surface area contributed by atoms with Gasteiger partial charge in [-0.1, -0.05) is 20.8 Å². The molecule has 1 amide bonds. The van der Waals surface area contributed by atoms with Crippen LogP contribution < -0.4 is 10.2 Å². The van der Waals surface area contributed by atoms with Crippen LogP contribution in [0.15, 0.2) is 22.8 Å². The molecule has 0 bridgehead atoms. The molecular weight excluding hydrogens is 320 g/mol. The van der Waals surface area contributed by atoms with Crippen molar-refractivity contribution >= 4 is 5.91 Å². The molecule has 1 saturated heterocycles. The molecule has 2 aromatic heterocycles. The summed E-state index contributed by atoms with van der Waals surface area (Å²) in [5.41, 5.74) is -0.335. The van der Waals surface area contributed by atoms with Crippen LogP contribution in [0.3, 0.4) is 0 Å². The molecule has 0 spiro atoms. The lowest BCUT2D eigenvalue weighted by atomic mass is 9.94. The Morgan fingerprint density at radius 3 is 2.80 bits per heavy atom. The van der Waals surface area contributed by atoms with E-state index in [1.54, 1.807) is 10.9 Å². The third-order valence-corrected chi connectivity index (χ3v) is 4.61. The number of carbonyl (C=O) groups is 1. The lowest BCUT2D eigenvalue weighted by Gasteiger charge is -2.31. The Hall–Kier alpha value is -2.22. The predicted octanol–water partition coefficient (Wildman–Crippen LogP) is 0.0240. The molecule has 0 unspecified atom stereocenters. The van der Waals surface area contributed by atoms with Crippen LogP contribution in [0.25, 0.3) is 0 Å². The number of furan rings is 1. The minimum atomic E-state index is -0.335. The van der Waals surface area contributed by atoms with Crippen molar-refractivity contribution in [2.75, 3.05) is 13.1 Å². The van der Waals surface area contributed by atoms with E-state index in [1.165, 1.54) is 4.90 Å². The first-order chi connectivity index (χ1) is 11.9. The third kappa shape index (κ3) is 4.66. The molecule has 8 heteroatoms. The highest BCUT2D eigenvalue weighted by atomic mass is 16.3. The normalized spacial score (nSPS) is 21.2. The Balaban J connectivity index is 1.50. The summed E-state index contributed by atoms with van der Waals surface area (Å²) >= 11 is 0. The molecule has 1 aliphatic heterocycles. The fourth-order valence-electron chi connectivity index (χ4n) is 3.00. The number of likely N-dealkylation sites (tertiary alicyclic amines) is 1. The zero-order valence-electron chi connectivity index (χ0n) is 15.2. The van der Waals surface area contributed by atoms with Gasteiger partial charge in [-0.25, -0.2) is 4.68 Å².